The van der Waals surface area contributed by atoms with Crippen molar-refractivity contribution < 1.29 is 13.3 Å². The van der Waals surface area contributed by atoms with Crippen molar-refractivity contribution in [2.24, 2.45) is 0 Å². The van der Waals surface area contributed by atoms with Gasteiger partial charge in [0, 0.05) is 26.3 Å². The molecule has 1 unspecified atom stereocenters. The highest BCUT2D eigenvalue weighted by Gasteiger charge is 2.40. The summed E-state index contributed by atoms with van der Waals surface area (Å²) in [5.74, 6) is 0.131. The second-order valence-electron chi connectivity index (χ2n) is 5.80. The molecular formula is C11H29NO3Si2. The molecule has 0 N–H and O–H groups in total. The molecule has 0 radical (unpaired) electrons. The van der Waals surface area contributed by atoms with Crippen molar-refractivity contribution in [3.05, 3.63) is 0 Å². The van der Waals surface area contributed by atoms with Crippen LogP contribution in [0.4, 0.5) is 0 Å². The van der Waals surface area contributed by atoms with Crippen LogP contribution >= 0.6 is 0 Å². The molecular weight excluding hydrogens is 250 g/mol. The molecule has 0 rings (SSSR count). The van der Waals surface area contributed by atoms with Crippen molar-refractivity contribution in [2.75, 3.05) is 21.3 Å². The summed E-state index contributed by atoms with van der Waals surface area (Å²) in [5.41, 5.74) is 0.0821. The molecule has 6 heteroatoms. The minimum Gasteiger partial charge on any atom is -0.377 e. The highest BCUT2D eigenvalue weighted by molar-refractivity contribution is 6.62. The van der Waals surface area contributed by atoms with Crippen molar-refractivity contribution in [2.45, 2.75) is 51.8 Å². The standard InChI is InChI=1S/C11H29NO3Si2/c1-11(2,3)12(4)10(16(7)8)15-17(9,13-5)14-6/h10,16H,1-9H3. The van der Waals surface area contributed by atoms with Gasteiger partial charge in [0.2, 0.25) is 0 Å². The van der Waals surface area contributed by atoms with E-state index in [2.05, 4.69) is 45.8 Å². The third-order valence-corrected chi connectivity index (χ3v) is 7.24. The molecule has 0 amide bonds. The normalized spacial score (nSPS) is 15.7. The molecule has 1 atom stereocenters. The Bertz CT molecular complexity index is 227. The fourth-order valence-corrected chi connectivity index (χ4v) is 5.57. The highest BCUT2D eigenvalue weighted by Crippen LogP contribution is 2.21. The largest absolute Gasteiger partial charge is 0.498 e. The van der Waals surface area contributed by atoms with Crippen LogP contribution in [-0.4, -0.2) is 55.2 Å². The number of rotatable bonds is 6. The van der Waals surface area contributed by atoms with Crippen LogP contribution in [0, 0.1) is 0 Å². The Labute approximate surface area is 109 Å². The number of hydrogen-bond acceptors (Lipinski definition) is 4. The molecule has 17 heavy (non-hydrogen) atoms. The molecule has 0 spiro atoms. The molecule has 0 saturated carbocycles. The summed E-state index contributed by atoms with van der Waals surface area (Å²) in [6.45, 7) is 13.1. The van der Waals surface area contributed by atoms with Crippen molar-refractivity contribution in [3.8, 4) is 0 Å². The summed E-state index contributed by atoms with van der Waals surface area (Å²) >= 11 is 0. The molecule has 0 heterocycles. The zero-order valence-corrected chi connectivity index (χ0v) is 15.0. The maximum absolute atomic E-state index is 6.17. The van der Waals surface area contributed by atoms with Gasteiger partial charge in [-0.3, -0.25) is 4.90 Å². The van der Waals surface area contributed by atoms with E-state index < -0.39 is 17.6 Å². The molecule has 0 aliphatic rings. The quantitative estimate of drug-likeness (QED) is 0.549. The van der Waals surface area contributed by atoms with E-state index in [-0.39, 0.29) is 11.4 Å². The fraction of sp³-hybridized carbons (Fsp3) is 1.00. The van der Waals surface area contributed by atoms with Crippen LogP contribution in [0.5, 0.6) is 0 Å². The van der Waals surface area contributed by atoms with E-state index in [4.69, 9.17) is 13.3 Å². The van der Waals surface area contributed by atoms with Gasteiger partial charge < -0.3 is 13.3 Å². The van der Waals surface area contributed by atoms with Gasteiger partial charge in [-0.05, 0) is 27.8 Å². The first-order valence-corrected chi connectivity index (χ1v) is 11.3. The zero-order valence-electron chi connectivity index (χ0n) is 12.8. The molecule has 104 valence electrons. The van der Waals surface area contributed by atoms with E-state index in [0.717, 1.165) is 0 Å². The van der Waals surface area contributed by atoms with Gasteiger partial charge in [0.15, 0.2) is 0 Å². The summed E-state index contributed by atoms with van der Waals surface area (Å²) in [5, 5.41) is 0. The van der Waals surface area contributed by atoms with E-state index in [1.54, 1.807) is 14.2 Å². The number of nitrogens with zero attached hydrogens (tertiary/aromatic N) is 1. The van der Waals surface area contributed by atoms with Gasteiger partial charge in [0.25, 0.3) is 0 Å². The first kappa shape index (κ1) is 17.3. The van der Waals surface area contributed by atoms with Crippen molar-refractivity contribution in [3.63, 3.8) is 0 Å². The molecule has 0 fully saturated rings. The van der Waals surface area contributed by atoms with Gasteiger partial charge >= 0.3 is 8.80 Å². The van der Waals surface area contributed by atoms with Crippen LogP contribution in [-0.2, 0) is 13.3 Å². The topological polar surface area (TPSA) is 30.9 Å². The average Bonchev–Trinajstić information content (AvgIpc) is 2.23. The van der Waals surface area contributed by atoms with Crippen LogP contribution in [0.25, 0.3) is 0 Å². The van der Waals surface area contributed by atoms with Crippen molar-refractivity contribution in [1.29, 1.82) is 0 Å². The Balaban J connectivity index is 4.89. The molecule has 4 nitrogen and oxygen atoms in total. The lowest BCUT2D eigenvalue weighted by Gasteiger charge is -2.42. The predicted octanol–water partition coefficient (Wildman–Crippen LogP) is 1.95. The Hall–Kier alpha value is 0.274. The summed E-state index contributed by atoms with van der Waals surface area (Å²) in [4.78, 5) is 2.28. The lowest BCUT2D eigenvalue weighted by Crippen LogP contribution is -2.57. The van der Waals surface area contributed by atoms with Gasteiger partial charge in [0.1, 0.15) is 0 Å². The van der Waals surface area contributed by atoms with E-state index in [0.29, 0.717) is 0 Å². The third kappa shape index (κ3) is 5.19. The Morgan fingerprint density at radius 2 is 1.53 bits per heavy atom. The SMILES string of the molecule is CO[Si](C)(OC)OC(N(C)C(C)(C)C)[SiH](C)C. The van der Waals surface area contributed by atoms with Gasteiger partial charge in [0.05, 0.1) is 14.6 Å². The molecule has 0 aromatic heterocycles. The van der Waals surface area contributed by atoms with Crippen LogP contribution in [0.3, 0.4) is 0 Å². The van der Waals surface area contributed by atoms with Crippen molar-refractivity contribution >= 4 is 17.6 Å². The summed E-state index contributed by atoms with van der Waals surface area (Å²) in [6.07, 6.45) is 0. The average molecular weight is 280 g/mol. The van der Waals surface area contributed by atoms with Gasteiger partial charge in [-0.1, -0.05) is 13.1 Å². The minimum absolute atomic E-state index is 0.0821. The van der Waals surface area contributed by atoms with E-state index in [1.165, 1.54) is 0 Å². The van der Waals surface area contributed by atoms with Crippen LogP contribution in [0.1, 0.15) is 20.8 Å². The lowest BCUT2D eigenvalue weighted by molar-refractivity contribution is -0.0139. The fourth-order valence-electron chi connectivity index (χ4n) is 1.44. The maximum atomic E-state index is 6.17. The van der Waals surface area contributed by atoms with E-state index in [9.17, 15) is 0 Å². The highest BCUT2D eigenvalue weighted by atomic mass is 28.4. The number of hydrogen-bond donors (Lipinski definition) is 0. The van der Waals surface area contributed by atoms with Gasteiger partial charge in [-0.2, -0.15) is 0 Å². The van der Waals surface area contributed by atoms with Crippen LogP contribution in [0.15, 0.2) is 0 Å². The summed E-state index contributed by atoms with van der Waals surface area (Å²) in [7, 11) is 1.96. The van der Waals surface area contributed by atoms with Crippen LogP contribution in [0.2, 0.25) is 19.6 Å². The van der Waals surface area contributed by atoms with Crippen molar-refractivity contribution in [1.82, 2.24) is 4.90 Å². The molecule has 0 bridgehead atoms. The Kier molecular flexibility index (Phi) is 6.55. The monoisotopic (exact) mass is 279 g/mol. The lowest BCUT2D eigenvalue weighted by atomic mass is 10.1. The van der Waals surface area contributed by atoms with E-state index >= 15 is 0 Å². The molecule has 0 aliphatic carbocycles. The Morgan fingerprint density at radius 1 is 1.12 bits per heavy atom. The third-order valence-electron chi connectivity index (χ3n) is 3.09. The maximum Gasteiger partial charge on any atom is 0.498 e. The first-order valence-electron chi connectivity index (χ1n) is 6.08. The molecule has 0 saturated heterocycles. The minimum atomic E-state index is -2.47. The Morgan fingerprint density at radius 3 is 1.76 bits per heavy atom. The summed E-state index contributed by atoms with van der Waals surface area (Å²) in [6, 6.07) is 0. The van der Waals surface area contributed by atoms with Gasteiger partial charge in [-0.25, -0.2) is 0 Å². The predicted molar refractivity (Wildman–Crippen MR) is 76.9 cm³/mol. The second kappa shape index (κ2) is 6.44. The smallest absolute Gasteiger partial charge is 0.377 e. The molecule has 0 aliphatic heterocycles. The summed E-state index contributed by atoms with van der Waals surface area (Å²) < 4.78 is 17.0. The van der Waals surface area contributed by atoms with Crippen LogP contribution < -0.4 is 0 Å². The molecule has 0 aromatic rings. The van der Waals surface area contributed by atoms with E-state index in [1.807, 2.05) is 6.55 Å². The second-order valence-corrected chi connectivity index (χ2v) is 11.6. The molecule has 0 aromatic carbocycles. The zero-order chi connectivity index (χ0) is 13.9. The first-order chi connectivity index (χ1) is 7.57. The van der Waals surface area contributed by atoms with Gasteiger partial charge in [-0.15, -0.1) is 0 Å².